The van der Waals surface area contributed by atoms with E-state index < -0.39 is 0 Å². The van der Waals surface area contributed by atoms with E-state index in [1.54, 1.807) is 0 Å². The third kappa shape index (κ3) is 3.42. The number of hydrogen-bond acceptors (Lipinski definition) is 2. The molecule has 1 N–H and O–H groups in total. The molecule has 1 fully saturated rings. The zero-order valence-electron chi connectivity index (χ0n) is 12.7. The smallest absolute Gasteiger partial charge is 0.0594 e. The second kappa shape index (κ2) is 6.73. The first-order valence-electron chi connectivity index (χ1n) is 8.27. The van der Waals surface area contributed by atoms with Crippen molar-refractivity contribution in [2.24, 2.45) is 0 Å². The van der Waals surface area contributed by atoms with E-state index in [4.69, 9.17) is 4.74 Å². The molecule has 2 aliphatic carbocycles. The maximum absolute atomic E-state index is 5.99. The lowest BCUT2D eigenvalue weighted by atomic mass is 9.98. The van der Waals surface area contributed by atoms with Crippen molar-refractivity contribution in [1.82, 2.24) is 5.32 Å². The van der Waals surface area contributed by atoms with Gasteiger partial charge in [0.15, 0.2) is 0 Å². The zero-order chi connectivity index (χ0) is 13.8. The summed E-state index contributed by atoms with van der Waals surface area (Å²) in [5.74, 6) is 0. The number of nitrogens with one attached hydrogen (secondary N) is 1. The van der Waals surface area contributed by atoms with E-state index in [1.807, 2.05) is 0 Å². The Bertz CT molecular complexity index is 437. The maximum Gasteiger partial charge on any atom is 0.0594 e. The van der Waals surface area contributed by atoms with E-state index in [0.717, 1.165) is 13.2 Å². The van der Waals surface area contributed by atoms with Crippen molar-refractivity contribution in [1.29, 1.82) is 0 Å². The van der Waals surface area contributed by atoms with Crippen LogP contribution >= 0.6 is 0 Å². The van der Waals surface area contributed by atoms with Crippen LogP contribution in [0.15, 0.2) is 18.2 Å². The van der Waals surface area contributed by atoms with Crippen LogP contribution in [0.5, 0.6) is 0 Å². The molecule has 2 nitrogen and oxygen atoms in total. The predicted octanol–water partition coefficient (Wildman–Crippen LogP) is 3.92. The molecule has 1 atom stereocenters. The molecule has 0 amide bonds. The summed E-state index contributed by atoms with van der Waals surface area (Å²) in [5.41, 5.74) is 4.42. The minimum atomic E-state index is 0.531. The molecule has 2 aliphatic rings. The predicted molar refractivity (Wildman–Crippen MR) is 83.1 cm³/mol. The van der Waals surface area contributed by atoms with Crippen LogP contribution < -0.4 is 5.32 Å². The Balaban J connectivity index is 1.42. The first-order valence-corrected chi connectivity index (χ1v) is 8.27. The van der Waals surface area contributed by atoms with Gasteiger partial charge in [0.1, 0.15) is 0 Å². The first-order chi connectivity index (χ1) is 9.83. The van der Waals surface area contributed by atoms with Gasteiger partial charge in [0.25, 0.3) is 0 Å². The van der Waals surface area contributed by atoms with Gasteiger partial charge in [0, 0.05) is 12.6 Å². The van der Waals surface area contributed by atoms with Crippen molar-refractivity contribution in [2.45, 2.75) is 64.0 Å². The van der Waals surface area contributed by atoms with Gasteiger partial charge in [0.2, 0.25) is 0 Å². The van der Waals surface area contributed by atoms with Crippen molar-refractivity contribution >= 4 is 0 Å². The number of rotatable bonds is 5. The maximum atomic E-state index is 5.99. The Morgan fingerprint density at radius 1 is 1.15 bits per heavy atom. The van der Waals surface area contributed by atoms with Crippen molar-refractivity contribution in [3.05, 3.63) is 34.9 Å². The van der Waals surface area contributed by atoms with Gasteiger partial charge in [-0.15, -0.1) is 0 Å². The summed E-state index contributed by atoms with van der Waals surface area (Å²) in [6.45, 7) is 4.03. The molecule has 0 saturated heterocycles. The molecule has 0 aromatic heterocycles. The average Bonchev–Trinajstić information content (AvgIpc) is 2.87. The minimum Gasteiger partial charge on any atom is -0.377 e. The van der Waals surface area contributed by atoms with Gasteiger partial charge in [0.05, 0.1) is 12.7 Å². The first kappa shape index (κ1) is 14.1. The van der Waals surface area contributed by atoms with E-state index in [2.05, 4.69) is 30.4 Å². The zero-order valence-corrected chi connectivity index (χ0v) is 12.7. The van der Waals surface area contributed by atoms with E-state index in [-0.39, 0.29) is 0 Å². The third-order valence-corrected chi connectivity index (χ3v) is 4.78. The summed E-state index contributed by atoms with van der Waals surface area (Å²) in [4.78, 5) is 0. The molecular formula is C18H27NO. The molecule has 3 rings (SSSR count). The van der Waals surface area contributed by atoms with Gasteiger partial charge in [-0.2, -0.15) is 0 Å². The fourth-order valence-corrected chi connectivity index (χ4v) is 3.62. The van der Waals surface area contributed by atoms with Crippen LogP contribution in [0.3, 0.4) is 0 Å². The molecule has 1 unspecified atom stereocenters. The molecule has 1 saturated carbocycles. The second-order valence-electron chi connectivity index (χ2n) is 6.38. The van der Waals surface area contributed by atoms with Gasteiger partial charge < -0.3 is 10.1 Å². The molecule has 110 valence electrons. The van der Waals surface area contributed by atoms with E-state index in [9.17, 15) is 0 Å². The van der Waals surface area contributed by atoms with Crippen LogP contribution in [0.4, 0.5) is 0 Å². The van der Waals surface area contributed by atoms with E-state index >= 15 is 0 Å². The van der Waals surface area contributed by atoms with Gasteiger partial charge in [-0.1, -0.05) is 43.0 Å². The summed E-state index contributed by atoms with van der Waals surface area (Å²) < 4.78 is 5.99. The van der Waals surface area contributed by atoms with Crippen LogP contribution in [0.2, 0.25) is 0 Å². The van der Waals surface area contributed by atoms with Gasteiger partial charge in [-0.05, 0) is 43.7 Å². The Labute approximate surface area is 122 Å². The lowest BCUT2D eigenvalue weighted by molar-refractivity contribution is 0.0294. The Morgan fingerprint density at radius 3 is 2.85 bits per heavy atom. The second-order valence-corrected chi connectivity index (χ2v) is 6.38. The Hall–Kier alpha value is -0.860. The molecule has 0 radical (unpaired) electrons. The minimum absolute atomic E-state index is 0.531. The third-order valence-electron chi connectivity index (χ3n) is 4.78. The number of benzene rings is 1. The molecular weight excluding hydrogens is 246 g/mol. The molecule has 1 aromatic rings. The SMILES string of the molecule is Cc1ccc2c(c1)C(NCCOC1CCCCC1)CC2. The molecule has 0 heterocycles. The fraction of sp³-hybridized carbons (Fsp3) is 0.667. The average molecular weight is 273 g/mol. The van der Waals surface area contributed by atoms with Crippen LogP contribution in [0, 0.1) is 6.92 Å². The highest BCUT2D eigenvalue weighted by molar-refractivity contribution is 5.37. The van der Waals surface area contributed by atoms with Crippen molar-refractivity contribution in [3.8, 4) is 0 Å². The summed E-state index contributed by atoms with van der Waals surface area (Å²) in [6, 6.07) is 7.42. The molecule has 0 spiro atoms. The molecule has 0 aliphatic heterocycles. The summed E-state index contributed by atoms with van der Waals surface area (Å²) in [6.07, 6.45) is 9.64. The monoisotopic (exact) mass is 273 g/mol. The van der Waals surface area contributed by atoms with Gasteiger partial charge in [-0.25, -0.2) is 0 Å². The lowest BCUT2D eigenvalue weighted by Gasteiger charge is -2.22. The summed E-state index contributed by atoms with van der Waals surface area (Å²) in [7, 11) is 0. The Kier molecular flexibility index (Phi) is 4.74. The molecule has 1 aromatic carbocycles. The van der Waals surface area contributed by atoms with E-state index in [0.29, 0.717) is 12.1 Å². The number of ether oxygens (including phenoxy) is 1. The summed E-state index contributed by atoms with van der Waals surface area (Å²) in [5, 5.41) is 3.68. The van der Waals surface area contributed by atoms with Crippen molar-refractivity contribution < 1.29 is 4.74 Å². The summed E-state index contributed by atoms with van der Waals surface area (Å²) >= 11 is 0. The van der Waals surface area contributed by atoms with Crippen LogP contribution in [-0.2, 0) is 11.2 Å². The van der Waals surface area contributed by atoms with Gasteiger partial charge in [-0.3, -0.25) is 0 Å². The Morgan fingerprint density at radius 2 is 2.00 bits per heavy atom. The van der Waals surface area contributed by atoms with Crippen molar-refractivity contribution in [3.63, 3.8) is 0 Å². The van der Waals surface area contributed by atoms with Gasteiger partial charge >= 0.3 is 0 Å². The fourth-order valence-electron chi connectivity index (χ4n) is 3.62. The normalized spacial score (nSPS) is 22.9. The van der Waals surface area contributed by atoms with Crippen LogP contribution in [0.25, 0.3) is 0 Å². The van der Waals surface area contributed by atoms with Crippen LogP contribution in [-0.4, -0.2) is 19.3 Å². The lowest BCUT2D eigenvalue weighted by Crippen LogP contribution is -2.26. The highest BCUT2D eigenvalue weighted by atomic mass is 16.5. The topological polar surface area (TPSA) is 21.3 Å². The molecule has 2 heteroatoms. The van der Waals surface area contributed by atoms with Crippen molar-refractivity contribution in [2.75, 3.05) is 13.2 Å². The molecule has 0 bridgehead atoms. The van der Waals surface area contributed by atoms with E-state index in [1.165, 1.54) is 61.6 Å². The largest absolute Gasteiger partial charge is 0.377 e. The quantitative estimate of drug-likeness (QED) is 0.821. The number of hydrogen-bond donors (Lipinski definition) is 1. The standard InChI is InChI=1S/C18H27NO/c1-14-7-8-15-9-10-18(17(15)13-14)19-11-12-20-16-5-3-2-4-6-16/h7-8,13,16,18-19H,2-6,9-12H2,1H3. The van der Waals surface area contributed by atoms with Crippen LogP contribution in [0.1, 0.15) is 61.3 Å². The number of fused-ring (bicyclic) bond motifs is 1. The highest BCUT2D eigenvalue weighted by Gasteiger charge is 2.21. The molecule has 20 heavy (non-hydrogen) atoms. The number of aryl methyl sites for hydroxylation is 2. The highest BCUT2D eigenvalue weighted by Crippen LogP contribution is 2.31.